The van der Waals surface area contributed by atoms with E-state index in [0.717, 1.165) is 87.7 Å². The number of aliphatic hydroxyl groups is 2. The molecule has 3 heterocycles. The molecule has 0 amide bonds. The number of ether oxygens (including phenoxy) is 1. The van der Waals surface area contributed by atoms with Gasteiger partial charge in [-0.05, 0) is 237 Å². The number of dihydropyridines is 1. The molecule has 0 radical (unpaired) electrons. The van der Waals surface area contributed by atoms with E-state index in [1.807, 2.05) is 13.1 Å². The number of aromatic hydroxyl groups is 1. The minimum Gasteiger partial charge on any atom is -0.504 e. The zero-order chi connectivity index (χ0) is 54.0. The lowest BCUT2D eigenvalue weighted by molar-refractivity contribution is -0.127. The second kappa shape index (κ2) is 24.1. The van der Waals surface area contributed by atoms with Crippen LogP contribution in [0.1, 0.15) is 125 Å². The number of allylic oxidation sites excluding steroid dienone is 3. The Hall–Kier alpha value is -4.88. The number of aryl methyl sites for hydroxylation is 3. The number of hydrogen-bond acceptors (Lipinski definition) is 11. The first-order valence-corrected chi connectivity index (χ1v) is 30.3. The molecule has 1 spiro atoms. The van der Waals surface area contributed by atoms with Gasteiger partial charge in [0, 0.05) is 37.8 Å². The predicted octanol–water partition coefficient (Wildman–Crippen LogP) is 9.09. The van der Waals surface area contributed by atoms with E-state index in [2.05, 4.69) is 94.1 Å². The van der Waals surface area contributed by atoms with Crippen LogP contribution < -0.4 is 31.7 Å². The first kappa shape index (κ1) is 55.0. The van der Waals surface area contributed by atoms with Crippen LogP contribution in [0.25, 0.3) is 5.57 Å². The minimum atomic E-state index is -0.431. The number of methoxy groups -OCH3 is 1. The largest absolute Gasteiger partial charge is 0.504 e. The Balaban J connectivity index is 0.815. The molecule has 6 aliphatic carbocycles. The number of fused-ring (bicyclic) bond motifs is 4. The highest BCUT2D eigenvalue weighted by atomic mass is 16.5. The number of nitrogens with two attached hydrogens (primary N) is 1. The van der Waals surface area contributed by atoms with Gasteiger partial charge >= 0.3 is 0 Å². The van der Waals surface area contributed by atoms with E-state index in [4.69, 9.17) is 10.5 Å². The van der Waals surface area contributed by atoms with Gasteiger partial charge in [0.2, 0.25) is 0 Å². The van der Waals surface area contributed by atoms with Gasteiger partial charge in [0.1, 0.15) is 5.78 Å². The van der Waals surface area contributed by atoms with Gasteiger partial charge in [-0.25, -0.2) is 0 Å². The molecule has 3 aromatic rings. The molecular formula is C67H89N5O6. The first-order valence-electron chi connectivity index (χ1n) is 30.3. The highest BCUT2D eigenvalue weighted by molar-refractivity contribution is 6.08. The highest BCUT2D eigenvalue weighted by Crippen LogP contribution is 2.75. The Bertz CT molecular complexity index is 2740. The molecule has 12 rings (SSSR count). The fraction of sp³-hybridized carbons (Fsp3) is 0.582. The quantitative estimate of drug-likeness (QED) is 0.0290. The Morgan fingerprint density at radius 3 is 2.50 bits per heavy atom. The average Bonchev–Trinajstić information content (AvgIpc) is 3.31. The van der Waals surface area contributed by atoms with Gasteiger partial charge in [-0.2, -0.15) is 0 Å². The molecule has 3 aromatic carbocycles. The van der Waals surface area contributed by atoms with Crippen molar-refractivity contribution in [2.24, 2.45) is 63.9 Å². The lowest BCUT2D eigenvalue weighted by atomic mass is 9.50. The number of piperidine rings is 1. The fourth-order valence-corrected chi connectivity index (χ4v) is 18.0. The Kier molecular flexibility index (Phi) is 17.0. The Labute approximate surface area is 464 Å². The molecule has 4 bridgehead atoms. The van der Waals surface area contributed by atoms with Crippen molar-refractivity contribution in [2.75, 3.05) is 39.9 Å². The summed E-state index contributed by atoms with van der Waals surface area (Å²) >= 11 is 0. The summed E-state index contributed by atoms with van der Waals surface area (Å²) in [5.41, 5.74) is 14.4. The molecule has 1 saturated heterocycles. The monoisotopic (exact) mass is 1060 g/mol. The van der Waals surface area contributed by atoms with E-state index in [-0.39, 0.29) is 52.4 Å². The number of carbonyl (C=O) groups excluding carboxylic acids is 2. The van der Waals surface area contributed by atoms with Crippen LogP contribution in [-0.2, 0) is 35.3 Å². The molecule has 13 atom stereocenters. The second-order valence-electron chi connectivity index (χ2n) is 25.6. The maximum atomic E-state index is 14.6. The number of nitrogens with one attached hydrogen (secondary N) is 4. The summed E-state index contributed by atoms with van der Waals surface area (Å²) in [6, 6.07) is 23.6. The molecule has 9 N–H and O–H groups in total. The van der Waals surface area contributed by atoms with Crippen molar-refractivity contribution in [1.82, 2.24) is 21.3 Å². The third kappa shape index (κ3) is 11.4. The predicted molar refractivity (Wildman–Crippen MR) is 309 cm³/mol. The lowest BCUT2D eigenvalue weighted by Gasteiger charge is -2.56. The van der Waals surface area contributed by atoms with Crippen LogP contribution in [0, 0.1) is 58.2 Å². The maximum Gasteiger partial charge on any atom is 0.163 e. The van der Waals surface area contributed by atoms with Gasteiger partial charge in [0.15, 0.2) is 17.3 Å². The SMILES string of the molecule is COc1cc(C(=CC(=O)CC(=O)CC2CC3(CC4C5CCNCC5CC5C=CCNC54)C4CCC2CC3C2(CCCC2)C4NCC(C)O)CO)c(CC2=CNC(N)C=C2CCc2cccc(CCc3ccccc3)c2)cc1O. The number of Topliss-reactive ketones (excluding diaryl/α,β-unsaturated/α-hetero) is 1. The third-order valence-corrected chi connectivity index (χ3v) is 21.2. The van der Waals surface area contributed by atoms with Crippen LogP contribution in [0.5, 0.6) is 11.5 Å². The number of carbonyl (C=O) groups is 2. The number of ketones is 2. The van der Waals surface area contributed by atoms with Crippen LogP contribution in [-0.4, -0.2) is 91.1 Å². The van der Waals surface area contributed by atoms with Crippen molar-refractivity contribution in [3.63, 3.8) is 0 Å². The van der Waals surface area contributed by atoms with Gasteiger partial charge in [-0.3, -0.25) is 9.59 Å². The van der Waals surface area contributed by atoms with E-state index >= 15 is 0 Å². The van der Waals surface area contributed by atoms with Crippen molar-refractivity contribution in [2.45, 2.75) is 147 Å². The van der Waals surface area contributed by atoms with E-state index in [0.29, 0.717) is 84.0 Å². The van der Waals surface area contributed by atoms with Gasteiger partial charge in [-0.1, -0.05) is 79.6 Å². The van der Waals surface area contributed by atoms with E-state index in [9.17, 15) is 24.9 Å². The fourth-order valence-electron chi connectivity index (χ4n) is 18.0. The molecule has 78 heavy (non-hydrogen) atoms. The lowest BCUT2D eigenvalue weighted by Crippen LogP contribution is -2.58. The number of hydrogen-bond donors (Lipinski definition) is 8. The van der Waals surface area contributed by atoms with Gasteiger partial charge in [0.25, 0.3) is 0 Å². The van der Waals surface area contributed by atoms with E-state index in [1.54, 1.807) is 12.1 Å². The molecule has 418 valence electrons. The number of benzene rings is 3. The minimum absolute atomic E-state index is 0.0158. The Morgan fingerprint density at radius 2 is 1.72 bits per heavy atom. The van der Waals surface area contributed by atoms with Crippen LogP contribution in [0.15, 0.2) is 108 Å². The summed E-state index contributed by atoms with van der Waals surface area (Å²) < 4.78 is 5.60. The summed E-state index contributed by atoms with van der Waals surface area (Å²) in [7, 11) is 1.49. The molecule has 3 aliphatic heterocycles. The molecule has 11 heteroatoms. The zero-order valence-electron chi connectivity index (χ0n) is 46.6. The van der Waals surface area contributed by atoms with Gasteiger partial charge in [0.05, 0.1) is 32.4 Å². The van der Waals surface area contributed by atoms with Crippen LogP contribution in [0.2, 0.25) is 0 Å². The smallest absolute Gasteiger partial charge is 0.163 e. The van der Waals surface area contributed by atoms with Crippen molar-refractivity contribution in [3.8, 4) is 11.5 Å². The third-order valence-electron chi connectivity index (χ3n) is 21.2. The molecule has 11 nitrogen and oxygen atoms in total. The number of aliphatic hydroxyl groups excluding tert-OH is 2. The zero-order valence-corrected chi connectivity index (χ0v) is 46.6. The van der Waals surface area contributed by atoms with Crippen molar-refractivity contribution >= 4 is 17.1 Å². The molecule has 13 unspecified atom stereocenters. The normalized spacial score (nSPS) is 32.1. The molecule has 9 aliphatic rings. The topological polar surface area (TPSA) is 178 Å². The molecule has 7 fully saturated rings. The standard InChI is InChI=1S/C67H89N5O6/c1-42(74)38-72-65-59-20-19-46-32-62(66(65)22-6-7-23-66)67(59,37-58-56-21-25-69-39-52(56)27-48-14-9-24-70-64(48)58)36-50(46)29-54(75)34-55(76)30-53(41-73)57-35-61(78-2)60(77)31-49(57)28-51-40-71-63(68)33-47(51)18-17-45-13-8-12-44(26-45)16-15-43-10-4-3-5-11-43/h3-5,8-14,26,30-31,33,35,40,42,46,48,50,52,56,58-59,62-65,69-74,77H,6-7,15-25,27-29,32,34,36-39,41,68H2,1-2H3. The van der Waals surface area contributed by atoms with E-state index < -0.39 is 12.7 Å². The number of rotatable bonds is 21. The van der Waals surface area contributed by atoms with Crippen LogP contribution >= 0.6 is 0 Å². The number of phenolic OH excluding ortho intramolecular Hbond substituents is 1. The van der Waals surface area contributed by atoms with Crippen LogP contribution in [0.3, 0.4) is 0 Å². The van der Waals surface area contributed by atoms with Gasteiger partial charge in [-0.15, -0.1) is 0 Å². The van der Waals surface area contributed by atoms with Gasteiger partial charge < -0.3 is 47.1 Å². The summed E-state index contributed by atoms with van der Waals surface area (Å²) in [4.78, 5) is 28.9. The van der Waals surface area contributed by atoms with Crippen LogP contribution in [0.4, 0.5) is 0 Å². The highest BCUT2D eigenvalue weighted by Gasteiger charge is 2.71. The maximum absolute atomic E-state index is 14.6. The Morgan fingerprint density at radius 1 is 0.936 bits per heavy atom. The molecule has 6 saturated carbocycles. The van der Waals surface area contributed by atoms with Crippen molar-refractivity contribution in [3.05, 3.63) is 136 Å². The summed E-state index contributed by atoms with van der Waals surface area (Å²) in [5, 5.41) is 48.2. The molecular weight excluding hydrogens is 971 g/mol. The van der Waals surface area contributed by atoms with E-state index in [1.165, 1.54) is 74.8 Å². The van der Waals surface area contributed by atoms with Crippen molar-refractivity contribution < 1.29 is 29.6 Å². The second-order valence-corrected chi connectivity index (χ2v) is 25.6. The number of phenols is 1. The molecule has 0 aromatic heterocycles. The summed E-state index contributed by atoms with van der Waals surface area (Å²) in [6.07, 6.45) is 26.9. The first-order chi connectivity index (χ1) is 37.9. The summed E-state index contributed by atoms with van der Waals surface area (Å²) in [5.74, 6) is 4.10. The summed E-state index contributed by atoms with van der Waals surface area (Å²) in [6.45, 7) is 5.24. The average molecular weight is 1060 g/mol. The van der Waals surface area contributed by atoms with Crippen molar-refractivity contribution in [1.29, 1.82) is 0 Å².